The molecule has 27 heavy (non-hydrogen) atoms. The predicted molar refractivity (Wildman–Crippen MR) is 110 cm³/mol. The molecule has 0 radical (unpaired) electrons. The number of allylic oxidation sites excluding steroid dienone is 1. The number of thioether (sulfide) groups is 1. The first kappa shape index (κ1) is 18.1. The van der Waals surface area contributed by atoms with Gasteiger partial charge in [-0.3, -0.25) is 19.1 Å². The number of hydrogen-bond donors (Lipinski definition) is 0. The van der Waals surface area contributed by atoms with Crippen molar-refractivity contribution in [3.63, 3.8) is 0 Å². The highest BCUT2D eigenvalue weighted by molar-refractivity contribution is 7.99. The molecule has 3 aromatic rings. The largest absolute Gasteiger partial charge is 0.291 e. The average molecular weight is 398 g/mol. The van der Waals surface area contributed by atoms with Crippen molar-refractivity contribution in [2.45, 2.75) is 37.4 Å². The van der Waals surface area contributed by atoms with Crippen LogP contribution in [0.5, 0.6) is 0 Å². The van der Waals surface area contributed by atoms with Gasteiger partial charge in [-0.1, -0.05) is 23.9 Å². The number of Topliss-reactive ketones (excluding diaryl/α,β-unsaturated/α-hetero) is 1. The Hall–Kier alpha value is -2.25. The molecule has 0 N–H and O–H groups in total. The molecule has 0 saturated carbocycles. The number of hydrogen-bond acceptors (Lipinski definition) is 6. The van der Waals surface area contributed by atoms with E-state index in [0.29, 0.717) is 17.4 Å². The number of fused-ring (bicyclic) bond motifs is 3. The monoisotopic (exact) mass is 397 g/mol. The van der Waals surface area contributed by atoms with Crippen molar-refractivity contribution in [2.24, 2.45) is 0 Å². The molecule has 3 aromatic heterocycles. The highest BCUT2D eigenvalue weighted by Gasteiger charge is 2.22. The highest BCUT2D eigenvalue weighted by Crippen LogP contribution is 2.34. The summed E-state index contributed by atoms with van der Waals surface area (Å²) in [5.41, 5.74) is 1.58. The summed E-state index contributed by atoms with van der Waals surface area (Å²) in [6.07, 6.45) is 7.56. The molecule has 0 amide bonds. The Balaban J connectivity index is 1.71. The molecule has 1 aliphatic rings. The van der Waals surface area contributed by atoms with Gasteiger partial charge in [0.2, 0.25) is 0 Å². The summed E-state index contributed by atoms with van der Waals surface area (Å²) in [7, 11) is 0. The second-order valence-corrected chi connectivity index (χ2v) is 8.44. The fourth-order valence-electron chi connectivity index (χ4n) is 3.35. The number of thiophene rings is 1. The number of pyridine rings is 1. The van der Waals surface area contributed by atoms with Gasteiger partial charge in [-0.05, 0) is 43.4 Å². The maximum Gasteiger partial charge on any atom is 0.263 e. The number of nitrogens with zero attached hydrogens (tertiary/aromatic N) is 3. The number of rotatable bonds is 6. The molecule has 0 aromatic carbocycles. The molecule has 138 valence electrons. The summed E-state index contributed by atoms with van der Waals surface area (Å²) < 4.78 is 1.63. The lowest BCUT2D eigenvalue weighted by molar-refractivity contribution is 0.101. The zero-order valence-electron chi connectivity index (χ0n) is 14.8. The topological polar surface area (TPSA) is 64.8 Å². The fourth-order valence-corrected chi connectivity index (χ4v) is 5.54. The average Bonchev–Trinajstić information content (AvgIpc) is 3.07. The number of aryl methyl sites for hydroxylation is 2. The lowest BCUT2D eigenvalue weighted by Crippen LogP contribution is -2.23. The molecule has 0 fully saturated rings. The van der Waals surface area contributed by atoms with Gasteiger partial charge in [0.25, 0.3) is 5.56 Å². The van der Waals surface area contributed by atoms with Gasteiger partial charge in [-0.2, -0.15) is 0 Å². The molecule has 1 aliphatic carbocycles. The minimum absolute atomic E-state index is 0.0212. The van der Waals surface area contributed by atoms with Gasteiger partial charge < -0.3 is 0 Å². The molecule has 0 unspecified atom stereocenters. The van der Waals surface area contributed by atoms with Gasteiger partial charge in [0.1, 0.15) is 10.5 Å². The second-order valence-electron chi connectivity index (χ2n) is 6.42. The van der Waals surface area contributed by atoms with Crippen LogP contribution in [0.3, 0.4) is 0 Å². The van der Waals surface area contributed by atoms with Crippen LogP contribution < -0.4 is 5.56 Å². The van der Waals surface area contributed by atoms with E-state index in [1.54, 1.807) is 46.4 Å². The minimum atomic E-state index is -0.0782. The molecule has 0 atom stereocenters. The number of carbonyl (C=O) groups excluding carboxylic acids is 1. The number of aromatic nitrogens is 3. The van der Waals surface area contributed by atoms with Crippen LogP contribution in [0.25, 0.3) is 10.2 Å². The summed E-state index contributed by atoms with van der Waals surface area (Å²) in [5.74, 6) is 0.113. The zero-order valence-corrected chi connectivity index (χ0v) is 16.4. The maximum atomic E-state index is 13.2. The lowest BCUT2D eigenvalue weighted by Gasteiger charge is -2.12. The van der Waals surface area contributed by atoms with Crippen molar-refractivity contribution >= 4 is 39.1 Å². The molecule has 5 nitrogen and oxygen atoms in total. The Bertz CT molecular complexity index is 1070. The van der Waals surface area contributed by atoms with Gasteiger partial charge in [0, 0.05) is 17.6 Å². The molecular weight excluding hydrogens is 378 g/mol. The third-order valence-electron chi connectivity index (χ3n) is 4.63. The summed E-state index contributed by atoms with van der Waals surface area (Å²) >= 11 is 2.91. The minimum Gasteiger partial charge on any atom is -0.291 e. The molecule has 0 spiro atoms. The molecule has 0 aliphatic heterocycles. The van der Waals surface area contributed by atoms with Crippen molar-refractivity contribution < 1.29 is 4.79 Å². The molecule has 0 bridgehead atoms. The van der Waals surface area contributed by atoms with E-state index in [-0.39, 0.29) is 17.1 Å². The molecule has 4 rings (SSSR count). The van der Waals surface area contributed by atoms with E-state index < -0.39 is 0 Å². The van der Waals surface area contributed by atoms with E-state index in [1.165, 1.54) is 28.6 Å². The standard InChI is InChI=1S/C20H19N3O2S2/c1-2-11-23-19(25)17-13-7-3-4-9-16(13)27-18(17)22-20(23)26-12-15(24)14-8-5-6-10-21-14/h2,5-6,8,10H,1,3-4,7,9,11-12H2. The smallest absolute Gasteiger partial charge is 0.263 e. The van der Waals surface area contributed by atoms with Crippen LogP contribution in [0.15, 0.2) is 47.0 Å². The van der Waals surface area contributed by atoms with Gasteiger partial charge in [-0.15, -0.1) is 17.9 Å². The van der Waals surface area contributed by atoms with E-state index in [0.717, 1.165) is 29.5 Å². The summed E-state index contributed by atoms with van der Waals surface area (Å²) in [5, 5.41) is 1.33. The van der Waals surface area contributed by atoms with Gasteiger partial charge in [0.15, 0.2) is 10.9 Å². The fraction of sp³-hybridized carbons (Fsp3) is 0.300. The van der Waals surface area contributed by atoms with Gasteiger partial charge in [-0.25, -0.2) is 4.98 Å². The Morgan fingerprint density at radius 2 is 2.19 bits per heavy atom. The predicted octanol–water partition coefficient (Wildman–Crippen LogP) is 3.89. The van der Waals surface area contributed by atoms with Crippen LogP contribution >= 0.6 is 23.1 Å². The van der Waals surface area contributed by atoms with Crippen molar-refractivity contribution in [1.82, 2.24) is 14.5 Å². The van der Waals surface area contributed by atoms with E-state index in [4.69, 9.17) is 4.98 Å². The van der Waals surface area contributed by atoms with Gasteiger partial charge >= 0.3 is 0 Å². The molecular formula is C20H19N3O2S2. The quantitative estimate of drug-likeness (QED) is 0.273. The Labute approximate surface area is 165 Å². The van der Waals surface area contributed by atoms with Crippen molar-refractivity contribution in [1.29, 1.82) is 0 Å². The van der Waals surface area contributed by atoms with Crippen molar-refractivity contribution in [2.75, 3.05) is 5.75 Å². The number of ketones is 1. The third-order valence-corrected chi connectivity index (χ3v) is 6.80. The van der Waals surface area contributed by atoms with E-state index in [2.05, 4.69) is 11.6 Å². The second kappa shape index (κ2) is 7.78. The third kappa shape index (κ3) is 3.49. The van der Waals surface area contributed by atoms with Crippen LogP contribution in [0.1, 0.15) is 33.8 Å². The first-order valence-corrected chi connectivity index (χ1v) is 10.7. The van der Waals surface area contributed by atoms with Crippen LogP contribution in [0, 0.1) is 0 Å². The Morgan fingerprint density at radius 3 is 2.96 bits per heavy atom. The van der Waals surface area contributed by atoms with Crippen LogP contribution in [0.4, 0.5) is 0 Å². The van der Waals surface area contributed by atoms with Crippen LogP contribution in [-0.4, -0.2) is 26.1 Å². The SMILES string of the molecule is C=CCn1c(SCC(=O)c2ccccn2)nc2sc3c(c2c1=O)CCCC3. The summed E-state index contributed by atoms with van der Waals surface area (Å²) in [4.78, 5) is 36.5. The maximum absolute atomic E-state index is 13.2. The first-order chi connectivity index (χ1) is 13.2. The van der Waals surface area contributed by atoms with Crippen LogP contribution in [0.2, 0.25) is 0 Å². The van der Waals surface area contributed by atoms with Gasteiger partial charge in [0.05, 0.1) is 11.1 Å². The van der Waals surface area contributed by atoms with Crippen LogP contribution in [-0.2, 0) is 19.4 Å². The highest BCUT2D eigenvalue weighted by atomic mass is 32.2. The van der Waals surface area contributed by atoms with Crippen molar-refractivity contribution in [3.05, 3.63) is 63.5 Å². The normalized spacial score (nSPS) is 13.5. The summed E-state index contributed by atoms with van der Waals surface area (Å²) in [6, 6.07) is 5.27. The first-order valence-electron chi connectivity index (χ1n) is 8.92. The molecule has 3 heterocycles. The Morgan fingerprint density at radius 1 is 1.33 bits per heavy atom. The van der Waals surface area contributed by atoms with E-state index >= 15 is 0 Å². The van der Waals surface area contributed by atoms with Crippen molar-refractivity contribution in [3.8, 4) is 0 Å². The lowest BCUT2D eigenvalue weighted by atomic mass is 9.97. The Kier molecular flexibility index (Phi) is 5.22. The van der Waals surface area contributed by atoms with E-state index in [9.17, 15) is 9.59 Å². The van der Waals surface area contributed by atoms with E-state index in [1.807, 2.05) is 0 Å². The zero-order chi connectivity index (χ0) is 18.8. The molecule has 7 heteroatoms. The number of carbonyl (C=O) groups is 1. The molecule has 0 saturated heterocycles. The summed E-state index contributed by atoms with van der Waals surface area (Å²) in [6.45, 7) is 4.15.